The van der Waals surface area contributed by atoms with Gasteiger partial charge in [-0.05, 0) is 61.1 Å². The van der Waals surface area contributed by atoms with Crippen LogP contribution in [0.2, 0.25) is 0 Å². The molecule has 10 heteroatoms. The molecule has 0 spiro atoms. The maximum atomic E-state index is 13.4. The number of methoxy groups -OCH3 is 1. The Hall–Kier alpha value is -2.72. The average molecular weight is 646 g/mol. The third-order valence-corrected chi connectivity index (χ3v) is 11.6. The lowest BCUT2D eigenvalue weighted by Crippen LogP contribution is -2.37. The molecule has 38 heavy (non-hydrogen) atoms. The number of ether oxygens (including phenoxy) is 2. The summed E-state index contributed by atoms with van der Waals surface area (Å²) in [5.41, 5.74) is 1.85. The molecule has 0 unspecified atom stereocenters. The van der Waals surface area contributed by atoms with Gasteiger partial charge in [-0.3, -0.25) is 19.2 Å². The topological polar surface area (TPSA) is 93.2 Å². The van der Waals surface area contributed by atoms with Gasteiger partial charge in [0.1, 0.15) is 11.5 Å². The number of benzene rings is 2. The second-order valence-electron chi connectivity index (χ2n) is 10.5. The second kappa shape index (κ2) is 9.48. The summed E-state index contributed by atoms with van der Waals surface area (Å²) in [6.07, 6.45) is 0.928. The molecule has 3 amide bonds. The van der Waals surface area contributed by atoms with Gasteiger partial charge in [0.2, 0.25) is 17.7 Å². The molecule has 2 bridgehead atoms. The molecule has 2 aromatic rings. The number of hydrogen-bond acceptors (Lipinski definition) is 6. The number of rotatable bonds is 5. The van der Waals surface area contributed by atoms with Gasteiger partial charge < -0.3 is 14.4 Å². The monoisotopic (exact) mass is 644 g/mol. The molecular formula is C28H26Br2N2O6. The first-order chi connectivity index (χ1) is 18.2. The second-order valence-corrected chi connectivity index (χ2v) is 12.6. The third-order valence-electron chi connectivity index (χ3n) is 8.44. The van der Waals surface area contributed by atoms with Crippen LogP contribution < -0.4 is 19.3 Å². The maximum absolute atomic E-state index is 13.4. The average Bonchev–Trinajstić information content (AvgIpc) is 3.62. The van der Waals surface area contributed by atoms with E-state index in [-0.39, 0.29) is 64.0 Å². The Balaban J connectivity index is 1.16. The van der Waals surface area contributed by atoms with Gasteiger partial charge in [0.25, 0.3) is 0 Å². The molecule has 2 saturated carbocycles. The first-order valence-corrected chi connectivity index (χ1v) is 14.5. The predicted octanol–water partition coefficient (Wildman–Crippen LogP) is 4.24. The van der Waals surface area contributed by atoms with Gasteiger partial charge in [0, 0.05) is 34.4 Å². The van der Waals surface area contributed by atoms with Gasteiger partial charge in [-0.1, -0.05) is 37.9 Å². The first-order valence-electron chi connectivity index (χ1n) is 12.6. The molecule has 2 saturated heterocycles. The Morgan fingerprint density at radius 3 is 2.26 bits per heavy atom. The number of amides is 3. The highest BCUT2D eigenvalue weighted by Gasteiger charge is 2.66. The zero-order chi connectivity index (χ0) is 26.9. The minimum absolute atomic E-state index is 0.0537. The van der Waals surface area contributed by atoms with Crippen LogP contribution in [0.4, 0.5) is 11.4 Å². The fourth-order valence-electron chi connectivity index (χ4n) is 6.62. The fraction of sp³-hybridized carbons (Fsp3) is 0.429. The van der Waals surface area contributed by atoms with Crippen molar-refractivity contribution < 1.29 is 28.7 Å². The third kappa shape index (κ3) is 3.90. The molecule has 8 nitrogen and oxygen atoms in total. The number of halogens is 2. The highest BCUT2D eigenvalue weighted by molar-refractivity contribution is 9.12. The molecule has 198 valence electrons. The molecule has 0 radical (unpaired) electrons. The fourth-order valence-corrected chi connectivity index (χ4v) is 8.49. The van der Waals surface area contributed by atoms with Crippen LogP contribution in [0.1, 0.15) is 18.4 Å². The maximum Gasteiger partial charge on any atom is 0.316 e. The summed E-state index contributed by atoms with van der Waals surface area (Å²) in [6, 6.07) is 12.1. The van der Waals surface area contributed by atoms with Crippen LogP contribution in [0, 0.1) is 36.5 Å². The highest BCUT2D eigenvalue weighted by atomic mass is 79.9. The number of carbonyl (C=O) groups is 4. The van der Waals surface area contributed by atoms with Crippen LogP contribution in [0.25, 0.3) is 0 Å². The van der Waals surface area contributed by atoms with Gasteiger partial charge in [-0.25, -0.2) is 4.90 Å². The number of aryl methyl sites for hydroxylation is 1. The van der Waals surface area contributed by atoms with Gasteiger partial charge in [-0.2, -0.15) is 0 Å². The van der Waals surface area contributed by atoms with E-state index in [1.165, 1.54) is 4.90 Å². The summed E-state index contributed by atoms with van der Waals surface area (Å²) in [6.45, 7) is 2.01. The first kappa shape index (κ1) is 25.6. The van der Waals surface area contributed by atoms with Crippen LogP contribution in [0.5, 0.6) is 11.5 Å². The smallest absolute Gasteiger partial charge is 0.316 e. The molecule has 2 heterocycles. The Morgan fingerprint density at radius 2 is 1.63 bits per heavy atom. The van der Waals surface area contributed by atoms with Crippen molar-refractivity contribution >= 4 is 66.9 Å². The van der Waals surface area contributed by atoms with Crippen molar-refractivity contribution in [2.45, 2.75) is 29.4 Å². The summed E-state index contributed by atoms with van der Waals surface area (Å²) in [5.74, 6) is -0.937. The molecule has 0 N–H and O–H groups in total. The van der Waals surface area contributed by atoms with Crippen molar-refractivity contribution in [1.29, 1.82) is 0 Å². The van der Waals surface area contributed by atoms with E-state index in [2.05, 4.69) is 31.9 Å². The largest absolute Gasteiger partial charge is 0.497 e. The summed E-state index contributed by atoms with van der Waals surface area (Å²) < 4.78 is 10.9. The predicted molar refractivity (Wildman–Crippen MR) is 147 cm³/mol. The van der Waals surface area contributed by atoms with Gasteiger partial charge in [0.15, 0.2) is 0 Å². The molecule has 4 fully saturated rings. The lowest BCUT2D eigenvalue weighted by molar-refractivity contribution is -0.139. The van der Waals surface area contributed by atoms with Crippen molar-refractivity contribution in [2.75, 3.05) is 23.5 Å². The van der Waals surface area contributed by atoms with E-state index in [0.717, 1.165) is 6.42 Å². The number of nitrogens with zero attached hydrogens (tertiary/aromatic N) is 2. The Morgan fingerprint density at radius 1 is 0.947 bits per heavy atom. The lowest BCUT2D eigenvalue weighted by Gasteiger charge is -2.28. The van der Waals surface area contributed by atoms with Crippen LogP contribution in [-0.2, 0) is 19.2 Å². The number of fused-ring (bicyclic) bond motifs is 5. The van der Waals surface area contributed by atoms with Crippen molar-refractivity contribution in [3.8, 4) is 11.5 Å². The van der Waals surface area contributed by atoms with E-state index in [1.807, 2.05) is 0 Å². The quantitative estimate of drug-likeness (QED) is 0.209. The van der Waals surface area contributed by atoms with E-state index in [9.17, 15) is 19.2 Å². The van der Waals surface area contributed by atoms with Crippen LogP contribution in [0.3, 0.4) is 0 Å². The molecule has 2 aliphatic carbocycles. The summed E-state index contributed by atoms with van der Waals surface area (Å²) in [4.78, 5) is 55.6. The van der Waals surface area contributed by atoms with Crippen molar-refractivity contribution in [3.05, 3.63) is 48.0 Å². The number of alkyl halides is 2. The Labute approximate surface area is 236 Å². The zero-order valence-electron chi connectivity index (χ0n) is 20.8. The summed E-state index contributed by atoms with van der Waals surface area (Å²) >= 11 is 7.43. The molecule has 2 aliphatic heterocycles. The van der Waals surface area contributed by atoms with Crippen molar-refractivity contribution in [3.63, 3.8) is 0 Å². The standard InChI is InChI=1S/C28H26Br2N2O6/c1-13-8-17(38-28(36)14-9-21(33)31(12-14)15-4-3-5-16(10-15)37-2)6-7-20(13)32-26(34)22-18-11-19(23(22)27(32)35)25(30)24(18)29/h3-8,10,14,18-19,22-25H,9,11-12H2,1-2H3/t14-,18-,19-,22-,23-,24-,25+/m1/s1. The van der Waals surface area contributed by atoms with Crippen LogP contribution in [-0.4, -0.2) is 47.0 Å². The number of carbonyl (C=O) groups excluding carboxylic acids is 4. The number of anilines is 2. The highest BCUT2D eigenvalue weighted by Crippen LogP contribution is 2.60. The van der Waals surface area contributed by atoms with Gasteiger partial charge in [-0.15, -0.1) is 0 Å². The molecular weight excluding hydrogens is 620 g/mol. The molecule has 7 atom stereocenters. The Kier molecular flexibility index (Phi) is 6.38. The van der Waals surface area contributed by atoms with Gasteiger partial charge >= 0.3 is 5.97 Å². The summed E-state index contributed by atoms with van der Waals surface area (Å²) in [7, 11) is 1.56. The Bertz CT molecular complexity index is 1330. The van der Waals surface area contributed by atoms with Gasteiger partial charge in [0.05, 0.1) is 30.6 Å². The molecule has 0 aromatic heterocycles. The van der Waals surface area contributed by atoms with E-state index in [4.69, 9.17) is 9.47 Å². The minimum Gasteiger partial charge on any atom is -0.497 e. The number of imide groups is 1. The molecule has 4 aliphatic rings. The SMILES string of the molecule is COc1cccc(N2C[C@H](C(=O)Oc3ccc(N4C(=O)[C@@H]5[C@H]6C[C@@H]([C@@H](Br)[C@H]6Br)[C@H]5C4=O)c(C)c3)CC2=O)c1. The minimum atomic E-state index is -0.611. The number of esters is 1. The molecule has 2 aromatic carbocycles. The van der Waals surface area contributed by atoms with Crippen molar-refractivity contribution in [1.82, 2.24) is 0 Å². The van der Waals surface area contributed by atoms with E-state index in [1.54, 1.807) is 61.4 Å². The van der Waals surface area contributed by atoms with E-state index in [0.29, 0.717) is 28.4 Å². The zero-order valence-corrected chi connectivity index (χ0v) is 24.0. The van der Waals surface area contributed by atoms with Crippen LogP contribution >= 0.6 is 31.9 Å². The number of hydrogen-bond donors (Lipinski definition) is 0. The van der Waals surface area contributed by atoms with E-state index >= 15 is 0 Å². The van der Waals surface area contributed by atoms with Crippen molar-refractivity contribution in [2.24, 2.45) is 29.6 Å². The molecule has 6 rings (SSSR count). The normalized spacial score (nSPS) is 31.8. The lowest BCUT2D eigenvalue weighted by atomic mass is 9.81. The van der Waals surface area contributed by atoms with E-state index < -0.39 is 11.9 Å². The van der Waals surface area contributed by atoms with Crippen LogP contribution in [0.15, 0.2) is 42.5 Å². The summed E-state index contributed by atoms with van der Waals surface area (Å²) in [5, 5.41) is 0.